The summed E-state index contributed by atoms with van der Waals surface area (Å²) in [6.45, 7) is 8.05. The average Bonchev–Trinajstić information content (AvgIpc) is 2.78. The predicted molar refractivity (Wildman–Crippen MR) is 80.2 cm³/mol. The van der Waals surface area contributed by atoms with Gasteiger partial charge in [-0.3, -0.25) is 0 Å². The monoisotopic (exact) mass is 286 g/mol. The molecule has 0 unspecified atom stereocenters. The van der Waals surface area contributed by atoms with Crippen LogP contribution in [0.15, 0.2) is 18.2 Å². The SMILES string of the molecule is Cc1cc(C)cc(-c2nnc3c(C)c(C)c(Cl)nn23)c1. The van der Waals surface area contributed by atoms with E-state index in [1.54, 1.807) is 4.52 Å². The summed E-state index contributed by atoms with van der Waals surface area (Å²) < 4.78 is 1.72. The topological polar surface area (TPSA) is 43.1 Å². The van der Waals surface area contributed by atoms with Crippen molar-refractivity contribution in [3.05, 3.63) is 45.6 Å². The molecule has 1 aromatic carbocycles. The molecule has 3 aromatic rings. The van der Waals surface area contributed by atoms with Gasteiger partial charge in [0, 0.05) is 11.1 Å². The van der Waals surface area contributed by atoms with E-state index in [0.29, 0.717) is 5.15 Å². The van der Waals surface area contributed by atoms with Crippen molar-refractivity contribution < 1.29 is 0 Å². The number of hydrogen-bond acceptors (Lipinski definition) is 3. The van der Waals surface area contributed by atoms with Crippen molar-refractivity contribution in [2.45, 2.75) is 27.7 Å². The van der Waals surface area contributed by atoms with E-state index in [4.69, 9.17) is 11.6 Å². The molecule has 5 heteroatoms. The van der Waals surface area contributed by atoms with Crippen LogP contribution in [0.5, 0.6) is 0 Å². The molecule has 3 rings (SSSR count). The van der Waals surface area contributed by atoms with E-state index in [9.17, 15) is 0 Å². The Balaban J connectivity index is 2.32. The number of aryl methyl sites for hydroxylation is 3. The predicted octanol–water partition coefficient (Wildman–Crippen LogP) is 3.68. The van der Waals surface area contributed by atoms with Crippen LogP contribution in [0.4, 0.5) is 0 Å². The van der Waals surface area contributed by atoms with Gasteiger partial charge in [0.1, 0.15) is 0 Å². The van der Waals surface area contributed by atoms with Gasteiger partial charge in [-0.25, -0.2) is 0 Å². The van der Waals surface area contributed by atoms with Crippen LogP contribution in [0.25, 0.3) is 17.0 Å². The summed E-state index contributed by atoms with van der Waals surface area (Å²) in [6.07, 6.45) is 0. The molecule has 0 radical (unpaired) electrons. The smallest absolute Gasteiger partial charge is 0.185 e. The highest BCUT2D eigenvalue weighted by molar-refractivity contribution is 6.30. The van der Waals surface area contributed by atoms with Crippen molar-refractivity contribution in [3.8, 4) is 11.4 Å². The molecule has 20 heavy (non-hydrogen) atoms. The maximum Gasteiger partial charge on any atom is 0.185 e. The van der Waals surface area contributed by atoms with Gasteiger partial charge in [0.2, 0.25) is 0 Å². The molecule has 0 aliphatic carbocycles. The fourth-order valence-electron chi connectivity index (χ4n) is 2.38. The summed E-state index contributed by atoms with van der Waals surface area (Å²) >= 11 is 6.18. The van der Waals surface area contributed by atoms with Gasteiger partial charge in [0.05, 0.1) is 0 Å². The largest absolute Gasteiger partial charge is 0.191 e. The summed E-state index contributed by atoms with van der Waals surface area (Å²) in [5.41, 5.74) is 6.08. The molecule has 2 aromatic heterocycles. The fraction of sp³-hybridized carbons (Fsp3) is 0.267. The normalized spacial score (nSPS) is 11.2. The third-order valence-electron chi connectivity index (χ3n) is 3.52. The van der Waals surface area contributed by atoms with Gasteiger partial charge in [-0.15, -0.1) is 10.2 Å². The van der Waals surface area contributed by atoms with Gasteiger partial charge in [0.15, 0.2) is 16.6 Å². The van der Waals surface area contributed by atoms with E-state index in [1.165, 1.54) is 11.1 Å². The molecule has 0 aliphatic rings. The molecule has 0 N–H and O–H groups in total. The third kappa shape index (κ3) is 1.96. The van der Waals surface area contributed by atoms with Gasteiger partial charge in [0.25, 0.3) is 0 Å². The Morgan fingerprint density at radius 2 is 1.55 bits per heavy atom. The minimum Gasteiger partial charge on any atom is -0.191 e. The highest BCUT2D eigenvalue weighted by atomic mass is 35.5. The summed E-state index contributed by atoms with van der Waals surface area (Å²) in [5.74, 6) is 0.719. The number of nitrogens with zero attached hydrogens (tertiary/aromatic N) is 4. The first-order valence-electron chi connectivity index (χ1n) is 6.44. The first kappa shape index (κ1) is 13.1. The molecule has 102 valence electrons. The second kappa shape index (κ2) is 4.56. The molecule has 0 saturated carbocycles. The number of benzene rings is 1. The van der Waals surface area contributed by atoms with E-state index in [1.807, 2.05) is 13.8 Å². The molecule has 0 aliphatic heterocycles. The van der Waals surface area contributed by atoms with Gasteiger partial charge in [-0.2, -0.15) is 9.61 Å². The average molecular weight is 287 g/mol. The van der Waals surface area contributed by atoms with Crippen LogP contribution in [0.2, 0.25) is 5.15 Å². The second-order valence-corrected chi connectivity index (χ2v) is 5.53. The van der Waals surface area contributed by atoms with Crippen LogP contribution in [0.3, 0.4) is 0 Å². The van der Waals surface area contributed by atoms with Gasteiger partial charge in [-0.1, -0.05) is 28.8 Å². The lowest BCUT2D eigenvalue weighted by atomic mass is 10.1. The quantitative estimate of drug-likeness (QED) is 0.685. The van der Waals surface area contributed by atoms with E-state index < -0.39 is 0 Å². The zero-order chi connectivity index (χ0) is 14.4. The Hall–Kier alpha value is -1.94. The maximum absolute atomic E-state index is 6.18. The summed E-state index contributed by atoms with van der Waals surface area (Å²) in [4.78, 5) is 0. The first-order valence-corrected chi connectivity index (χ1v) is 6.82. The van der Waals surface area contributed by atoms with E-state index in [0.717, 1.165) is 28.2 Å². The Bertz CT molecular complexity index is 800. The number of fused-ring (bicyclic) bond motifs is 1. The zero-order valence-electron chi connectivity index (χ0n) is 11.9. The summed E-state index contributed by atoms with van der Waals surface area (Å²) in [7, 11) is 0. The van der Waals surface area contributed by atoms with Crippen LogP contribution >= 0.6 is 11.6 Å². The van der Waals surface area contributed by atoms with Crippen molar-refractivity contribution in [1.82, 2.24) is 19.8 Å². The van der Waals surface area contributed by atoms with Gasteiger partial charge in [-0.05, 0) is 45.4 Å². The zero-order valence-corrected chi connectivity index (χ0v) is 12.7. The Labute approximate surface area is 122 Å². The van der Waals surface area contributed by atoms with Crippen molar-refractivity contribution >= 4 is 17.2 Å². The van der Waals surface area contributed by atoms with Crippen molar-refractivity contribution in [2.24, 2.45) is 0 Å². The molecule has 0 amide bonds. The third-order valence-corrected chi connectivity index (χ3v) is 3.87. The van der Waals surface area contributed by atoms with Crippen LogP contribution in [0.1, 0.15) is 22.3 Å². The summed E-state index contributed by atoms with van der Waals surface area (Å²) in [6, 6.07) is 6.28. The lowest BCUT2D eigenvalue weighted by Gasteiger charge is -2.06. The lowest BCUT2D eigenvalue weighted by Crippen LogP contribution is -2.00. The number of hydrogen-bond donors (Lipinski definition) is 0. The molecule has 0 fully saturated rings. The van der Waals surface area contributed by atoms with E-state index in [2.05, 4.69) is 47.3 Å². The Morgan fingerprint density at radius 1 is 0.900 bits per heavy atom. The summed E-state index contributed by atoms with van der Waals surface area (Å²) in [5, 5.41) is 13.4. The van der Waals surface area contributed by atoms with E-state index >= 15 is 0 Å². The number of halogens is 1. The standard InChI is InChI=1S/C15H15ClN4/c1-8-5-9(2)7-12(6-8)15-18-17-14-11(4)10(3)13(16)19-20(14)15/h5-7H,1-4H3. The van der Waals surface area contributed by atoms with Crippen LogP contribution in [-0.4, -0.2) is 19.8 Å². The number of aromatic nitrogens is 4. The minimum absolute atomic E-state index is 0.487. The molecular formula is C15H15ClN4. The van der Waals surface area contributed by atoms with Crippen LogP contribution in [0, 0.1) is 27.7 Å². The maximum atomic E-state index is 6.18. The number of rotatable bonds is 1. The van der Waals surface area contributed by atoms with Gasteiger partial charge >= 0.3 is 0 Å². The molecule has 0 atom stereocenters. The highest BCUT2D eigenvalue weighted by Gasteiger charge is 2.15. The Kier molecular flexibility index (Phi) is 2.98. The molecule has 2 heterocycles. The lowest BCUT2D eigenvalue weighted by molar-refractivity contribution is 0.919. The van der Waals surface area contributed by atoms with Crippen LogP contribution < -0.4 is 0 Å². The molecule has 0 spiro atoms. The molecular weight excluding hydrogens is 272 g/mol. The van der Waals surface area contributed by atoms with Crippen LogP contribution in [-0.2, 0) is 0 Å². The fourth-order valence-corrected chi connectivity index (χ4v) is 2.59. The van der Waals surface area contributed by atoms with Crippen molar-refractivity contribution in [3.63, 3.8) is 0 Å². The highest BCUT2D eigenvalue weighted by Crippen LogP contribution is 2.25. The van der Waals surface area contributed by atoms with Crippen molar-refractivity contribution in [1.29, 1.82) is 0 Å². The second-order valence-electron chi connectivity index (χ2n) is 5.18. The molecule has 4 nitrogen and oxygen atoms in total. The molecule has 0 saturated heterocycles. The minimum atomic E-state index is 0.487. The van der Waals surface area contributed by atoms with Gasteiger partial charge < -0.3 is 0 Å². The Morgan fingerprint density at radius 3 is 2.20 bits per heavy atom. The first-order chi connectivity index (χ1) is 9.47. The van der Waals surface area contributed by atoms with E-state index in [-0.39, 0.29) is 0 Å². The van der Waals surface area contributed by atoms with Crippen molar-refractivity contribution in [2.75, 3.05) is 0 Å². The molecule has 0 bridgehead atoms.